The summed E-state index contributed by atoms with van der Waals surface area (Å²) in [6.45, 7) is 0.892. The van der Waals surface area contributed by atoms with Gasteiger partial charge in [0.05, 0.1) is 11.9 Å². The summed E-state index contributed by atoms with van der Waals surface area (Å²) in [5, 5.41) is 3.19. The van der Waals surface area contributed by atoms with Crippen molar-refractivity contribution in [2.45, 2.75) is 0 Å². The number of nitrogens with one attached hydrogen (secondary N) is 1. The molecule has 118 valence electrons. The summed E-state index contributed by atoms with van der Waals surface area (Å²) in [5.74, 6) is -0.350. The molecule has 0 fully saturated rings. The van der Waals surface area contributed by atoms with Crippen LogP contribution in [0.1, 0.15) is 0 Å². The number of rotatable bonds is 7. The number of benzene rings is 1. The van der Waals surface area contributed by atoms with Crippen LogP contribution in [0.3, 0.4) is 0 Å². The molecule has 0 radical (unpaired) electrons. The van der Waals surface area contributed by atoms with Crippen LogP contribution in [0.15, 0.2) is 24.3 Å². The number of hydrogen-bond donors (Lipinski definition) is 1. The Morgan fingerprint density at radius 3 is 2.29 bits per heavy atom. The minimum absolute atomic E-state index is 0.256. The Morgan fingerprint density at radius 1 is 1.24 bits per heavy atom. The number of sulfonamides is 1. The van der Waals surface area contributed by atoms with Crippen molar-refractivity contribution in [1.82, 2.24) is 10.2 Å². The SMILES string of the molecule is CN(C)CCNC(=O)CN(c1ccc(Cl)cc1)S(C)(=O)=O. The molecule has 0 heterocycles. The highest BCUT2D eigenvalue weighted by Gasteiger charge is 2.20. The highest BCUT2D eigenvalue weighted by molar-refractivity contribution is 7.92. The molecule has 0 saturated carbocycles. The number of amides is 1. The van der Waals surface area contributed by atoms with E-state index in [1.54, 1.807) is 24.3 Å². The minimum Gasteiger partial charge on any atom is -0.353 e. The van der Waals surface area contributed by atoms with E-state index in [-0.39, 0.29) is 12.5 Å². The van der Waals surface area contributed by atoms with Crippen LogP contribution in [0.2, 0.25) is 5.02 Å². The van der Waals surface area contributed by atoms with Gasteiger partial charge in [0.15, 0.2) is 0 Å². The summed E-state index contributed by atoms with van der Waals surface area (Å²) in [7, 11) is 0.235. The zero-order valence-corrected chi connectivity index (χ0v) is 13.9. The van der Waals surface area contributed by atoms with Gasteiger partial charge in [-0.2, -0.15) is 0 Å². The maximum absolute atomic E-state index is 11.9. The molecular formula is C13H20ClN3O3S. The van der Waals surface area contributed by atoms with Gasteiger partial charge in [-0.25, -0.2) is 8.42 Å². The third-order valence-corrected chi connectivity index (χ3v) is 4.08. The average molecular weight is 334 g/mol. The second-order valence-corrected chi connectivity index (χ2v) is 7.24. The summed E-state index contributed by atoms with van der Waals surface area (Å²) < 4.78 is 24.7. The number of carbonyl (C=O) groups is 1. The quantitative estimate of drug-likeness (QED) is 0.800. The summed E-state index contributed by atoms with van der Waals surface area (Å²) in [4.78, 5) is 13.8. The summed E-state index contributed by atoms with van der Waals surface area (Å²) in [5.41, 5.74) is 0.407. The van der Waals surface area contributed by atoms with Crippen molar-refractivity contribution in [1.29, 1.82) is 0 Å². The second-order valence-electron chi connectivity index (χ2n) is 4.90. The molecule has 1 aromatic carbocycles. The molecule has 8 heteroatoms. The number of likely N-dealkylation sites (N-methyl/N-ethyl adjacent to an activating group) is 1. The van der Waals surface area contributed by atoms with Crippen molar-refractivity contribution < 1.29 is 13.2 Å². The Bertz CT molecular complexity index is 573. The molecule has 0 atom stereocenters. The van der Waals surface area contributed by atoms with Gasteiger partial charge in [-0.3, -0.25) is 9.10 Å². The first-order chi connectivity index (χ1) is 9.70. The molecule has 6 nitrogen and oxygen atoms in total. The maximum Gasteiger partial charge on any atom is 0.240 e. The Kier molecular flexibility index (Phi) is 6.44. The Balaban J connectivity index is 2.76. The van der Waals surface area contributed by atoms with Crippen LogP contribution < -0.4 is 9.62 Å². The van der Waals surface area contributed by atoms with Crippen molar-refractivity contribution in [2.24, 2.45) is 0 Å². The van der Waals surface area contributed by atoms with E-state index >= 15 is 0 Å². The van der Waals surface area contributed by atoms with Gasteiger partial charge in [-0.05, 0) is 38.4 Å². The second kappa shape index (κ2) is 7.63. The molecule has 0 aliphatic rings. The van der Waals surface area contributed by atoms with Crippen LogP contribution in [0.5, 0.6) is 0 Å². The van der Waals surface area contributed by atoms with E-state index in [1.807, 2.05) is 19.0 Å². The molecule has 0 unspecified atom stereocenters. The minimum atomic E-state index is -3.55. The first-order valence-corrected chi connectivity index (χ1v) is 8.57. The van der Waals surface area contributed by atoms with Gasteiger partial charge < -0.3 is 10.2 Å². The van der Waals surface area contributed by atoms with Gasteiger partial charge in [0.25, 0.3) is 0 Å². The molecule has 1 rings (SSSR count). The Labute approximate surface area is 130 Å². The van der Waals surface area contributed by atoms with E-state index < -0.39 is 10.0 Å². The van der Waals surface area contributed by atoms with Crippen LogP contribution in [-0.2, 0) is 14.8 Å². The maximum atomic E-state index is 11.9. The van der Waals surface area contributed by atoms with E-state index in [0.29, 0.717) is 23.8 Å². The van der Waals surface area contributed by atoms with Gasteiger partial charge in [-0.1, -0.05) is 11.6 Å². The van der Waals surface area contributed by atoms with Crippen molar-refractivity contribution in [2.75, 3.05) is 44.3 Å². The van der Waals surface area contributed by atoms with Crippen molar-refractivity contribution in [3.05, 3.63) is 29.3 Å². The van der Waals surface area contributed by atoms with Crippen molar-refractivity contribution >= 4 is 33.2 Å². The standard InChI is InChI=1S/C13H20ClN3O3S/c1-16(2)9-8-15-13(18)10-17(21(3,19)20)12-6-4-11(14)5-7-12/h4-7H,8-10H2,1-3H3,(H,15,18). The zero-order chi connectivity index (χ0) is 16.0. The van der Waals surface area contributed by atoms with Gasteiger partial charge in [0.2, 0.25) is 15.9 Å². The highest BCUT2D eigenvalue weighted by atomic mass is 35.5. The number of nitrogens with zero attached hydrogens (tertiary/aromatic N) is 2. The topological polar surface area (TPSA) is 69.7 Å². The molecular weight excluding hydrogens is 314 g/mol. The van der Waals surface area contributed by atoms with Crippen molar-refractivity contribution in [3.63, 3.8) is 0 Å². The zero-order valence-electron chi connectivity index (χ0n) is 12.3. The lowest BCUT2D eigenvalue weighted by molar-refractivity contribution is -0.119. The molecule has 0 aliphatic heterocycles. The van der Waals surface area contributed by atoms with E-state index in [1.165, 1.54) is 0 Å². The van der Waals surface area contributed by atoms with Crippen LogP contribution in [-0.4, -0.2) is 59.2 Å². The number of anilines is 1. The third-order valence-electron chi connectivity index (χ3n) is 2.68. The fraction of sp³-hybridized carbons (Fsp3) is 0.462. The first kappa shape index (κ1) is 17.7. The molecule has 21 heavy (non-hydrogen) atoms. The van der Waals surface area contributed by atoms with Crippen LogP contribution in [0, 0.1) is 0 Å². The van der Waals surface area contributed by atoms with Gasteiger partial charge in [-0.15, -0.1) is 0 Å². The van der Waals surface area contributed by atoms with E-state index in [0.717, 1.165) is 10.6 Å². The number of halogens is 1. The molecule has 0 spiro atoms. The average Bonchev–Trinajstić information content (AvgIpc) is 2.35. The first-order valence-electron chi connectivity index (χ1n) is 6.35. The molecule has 0 saturated heterocycles. The summed E-state index contributed by atoms with van der Waals surface area (Å²) >= 11 is 5.78. The molecule has 1 aromatic rings. The number of hydrogen-bond acceptors (Lipinski definition) is 4. The fourth-order valence-corrected chi connectivity index (χ4v) is 2.60. The molecule has 0 bridgehead atoms. The molecule has 1 amide bonds. The fourth-order valence-electron chi connectivity index (χ4n) is 1.61. The van der Waals surface area contributed by atoms with Crippen LogP contribution >= 0.6 is 11.6 Å². The van der Waals surface area contributed by atoms with Crippen molar-refractivity contribution in [3.8, 4) is 0 Å². The van der Waals surface area contributed by atoms with Gasteiger partial charge >= 0.3 is 0 Å². The molecule has 1 N–H and O–H groups in total. The smallest absolute Gasteiger partial charge is 0.240 e. The lowest BCUT2D eigenvalue weighted by Crippen LogP contribution is -2.42. The summed E-state index contributed by atoms with van der Waals surface area (Å²) in [6.07, 6.45) is 1.06. The van der Waals surface area contributed by atoms with Crippen LogP contribution in [0.25, 0.3) is 0 Å². The Hall–Kier alpha value is -1.31. The van der Waals surface area contributed by atoms with Crippen LogP contribution in [0.4, 0.5) is 5.69 Å². The van der Waals surface area contributed by atoms with Gasteiger partial charge in [0, 0.05) is 18.1 Å². The number of carbonyl (C=O) groups excluding carboxylic acids is 1. The van der Waals surface area contributed by atoms with E-state index in [2.05, 4.69) is 5.32 Å². The molecule has 0 aromatic heterocycles. The Morgan fingerprint density at radius 2 is 1.81 bits per heavy atom. The predicted molar refractivity (Wildman–Crippen MR) is 85.2 cm³/mol. The third kappa shape index (κ3) is 6.33. The summed E-state index contributed by atoms with van der Waals surface area (Å²) in [6, 6.07) is 6.30. The largest absolute Gasteiger partial charge is 0.353 e. The molecule has 0 aliphatic carbocycles. The van der Waals surface area contributed by atoms with E-state index in [4.69, 9.17) is 11.6 Å². The normalized spacial score (nSPS) is 11.5. The van der Waals surface area contributed by atoms with E-state index in [9.17, 15) is 13.2 Å². The lowest BCUT2D eigenvalue weighted by atomic mass is 10.3. The highest BCUT2D eigenvalue weighted by Crippen LogP contribution is 2.20. The predicted octanol–water partition coefficient (Wildman–Crippen LogP) is 0.784. The monoisotopic (exact) mass is 333 g/mol. The van der Waals surface area contributed by atoms with Gasteiger partial charge in [0.1, 0.15) is 6.54 Å². The lowest BCUT2D eigenvalue weighted by Gasteiger charge is -2.22.